The lowest BCUT2D eigenvalue weighted by molar-refractivity contribution is 0.340. The molecule has 1 atom stereocenters. The van der Waals surface area contributed by atoms with Gasteiger partial charge in [0.05, 0.1) is 6.61 Å². The van der Waals surface area contributed by atoms with Crippen molar-refractivity contribution in [2.45, 2.75) is 32.7 Å². The van der Waals surface area contributed by atoms with Crippen LogP contribution in [0.4, 0.5) is 5.95 Å². The lowest BCUT2D eigenvalue weighted by Crippen LogP contribution is -2.20. The van der Waals surface area contributed by atoms with Gasteiger partial charge in [-0.05, 0) is 58.2 Å². The zero-order valence-corrected chi connectivity index (χ0v) is 15.8. The van der Waals surface area contributed by atoms with Crippen molar-refractivity contribution < 1.29 is 4.74 Å². The summed E-state index contributed by atoms with van der Waals surface area (Å²) in [5.41, 5.74) is 4.55. The molecule has 0 radical (unpaired) electrons. The lowest BCUT2D eigenvalue weighted by atomic mass is 9.98. The van der Waals surface area contributed by atoms with Crippen molar-refractivity contribution in [1.82, 2.24) is 20.2 Å². The number of hydrogen-bond donors (Lipinski definition) is 1. The Bertz CT molecular complexity index is 941. The number of ether oxygens (including phenoxy) is 1. The largest absolute Gasteiger partial charge is 0.494 e. The summed E-state index contributed by atoms with van der Waals surface area (Å²) in [4.78, 5) is 0. The molecular formula is C21H23N5O. The van der Waals surface area contributed by atoms with Gasteiger partial charge < -0.3 is 10.1 Å². The highest BCUT2D eigenvalue weighted by Crippen LogP contribution is 2.32. The molecule has 0 bridgehead atoms. The number of hydrogen-bond acceptors (Lipinski definition) is 5. The number of rotatable bonds is 5. The molecule has 1 aliphatic heterocycles. The van der Waals surface area contributed by atoms with Crippen molar-refractivity contribution in [1.29, 1.82) is 0 Å². The third-order valence-corrected chi connectivity index (χ3v) is 4.75. The molecule has 0 amide bonds. The number of nitrogens with zero attached hydrogens (tertiary/aromatic N) is 4. The lowest BCUT2D eigenvalue weighted by Gasteiger charge is -2.23. The number of allylic oxidation sites excluding steroid dienone is 1. The van der Waals surface area contributed by atoms with Gasteiger partial charge >= 0.3 is 0 Å². The minimum absolute atomic E-state index is 0.0771. The standard InChI is InChI=1S/C21H23N5O/c1-4-27-18-11-9-17(10-12-18)20-13-19(22-21-23-24-25-26(20)21)16-7-5-15(6-8-16)14(2)3/h5-14,20H,4H2,1-3H3,(H,22,23,25)/t20-/m0/s1. The van der Waals surface area contributed by atoms with Crippen LogP contribution in [0.2, 0.25) is 0 Å². The molecular weight excluding hydrogens is 338 g/mol. The zero-order chi connectivity index (χ0) is 18.8. The summed E-state index contributed by atoms with van der Waals surface area (Å²) in [6.07, 6.45) is 2.16. The summed E-state index contributed by atoms with van der Waals surface area (Å²) >= 11 is 0. The molecule has 0 fully saturated rings. The molecule has 0 saturated carbocycles. The fourth-order valence-electron chi connectivity index (χ4n) is 3.24. The minimum atomic E-state index is -0.0771. The SMILES string of the molecule is CCOc1ccc([C@@H]2C=C(c3ccc(C(C)C)cc3)Nc3nnnn32)cc1. The van der Waals surface area contributed by atoms with Crippen molar-refractivity contribution >= 4 is 11.6 Å². The van der Waals surface area contributed by atoms with Crippen LogP contribution in [0, 0.1) is 0 Å². The van der Waals surface area contributed by atoms with E-state index in [9.17, 15) is 0 Å². The average Bonchev–Trinajstić information content (AvgIpc) is 3.17. The van der Waals surface area contributed by atoms with Gasteiger partial charge in [-0.15, -0.1) is 0 Å². The Labute approximate surface area is 158 Å². The molecule has 6 heteroatoms. The Hall–Kier alpha value is -3.15. The predicted molar refractivity (Wildman–Crippen MR) is 106 cm³/mol. The summed E-state index contributed by atoms with van der Waals surface area (Å²) in [7, 11) is 0. The van der Waals surface area contributed by atoms with Crippen LogP contribution in [-0.4, -0.2) is 26.8 Å². The number of benzene rings is 2. The van der Waals surface area contributed by atoms with Crippen LogP contribution in [0.15, 0.2) is 54.6 Å². The van der Waals surface area contributed by atoms with Gasteiger partial charge in [-0.3, -0.25) is 0 Å². The third kappa shape index (κ3) is 3.43. The fourth-order valence-corrected chi connectivity index (χ4v) is 3.24. The first-order valence-corrected chi connectivity index (χ1v) is 9.25. The maximum Gasteiger partial charge on any atom is 0.248 e. The van der Waals surface area contributed by atoms with E-state index in [1.807, 2.05) is 19.1 Å². The van der Waals surface area contributed by atoms with Crippen LogP contribution >= 0.6 is 0 Å². The number of fused-ring (bicyclic) bond motifs is 1. The van der Waals surface area contributed by atoms with E-state index in [-0.39, 0.29) is 6.04 Å². The summed E-state index contributed by atoms with van der Waals surface area (Å²) in [5.74, 6) is 2.01. The molecule has 138 valence electrons. The van der Waals surface area contributed by atoms with Gasteiger partial charge in [0.2, 0.25) is 5.95 Å². The van der Waals surface area contributed by atoms with Crippen molar-refractivity contribution in [3.8, 4) is 5.75 Å². The first kappa shape index (κ1) is 17.3. The monoisotopic (exact) mass is 361 g/mol. The molecule has 27 heavy (non-hydrogen) atoms. The van der Waals surface area contributed by atoms with Crippen molar-refractivity contribution in [2.75, 3.05) is 11.9 Å². The second-order valence-electron chi connectivity index (χ2n) is 6.88. The maximum absolute atomic E-state index is 5.55. The van der Waals surface area contributed by atoms with Crippen molar-refractivity contribution in [3.05, 3.63) is 71.3 Å². The maximum atomic E-state index is 5.55. The molecule has 1 aliphatic rings. The molecule has 2 aromatic carbocycles. The van der Waals surface area contributed by atoms with Gasteiger partial charge in [0, 0.05) is 5.70 Å². The molecule has 4 rings (SSSR count). The summed E-state index contributed by atoms with van der Waals surface area (Å²) in [6, 6.07) is 16.6. The van der Waals surface area contributed by atoms with Crippen LogP contribution in [0.5, 0.6) is 5.75 Å². The zero-order valence-electron chi connectivity index (χ0n) is 15.8. The topological polar surface area (TPSA) is 64.9 Å². The Morgan fingerprint density at radius 3 is 2.48 bits per heavy atom. The van der Waals surface area contributed by atoms with Gasteiger partial charge in [0.1, 0.15) is 11.8 Å². The average molecular weight is 361 g/mol. The smallest absolute Gasteiger partial charge is 0.248 e. The fraction of sp³-hybridized carbons (Fsp3) is 0.286. The Kier molecular flexibility index (Phi) is 4.62. The molecule has 3 aromatic rings. The molecule has 0 unspecified atom stereocenters. The summed E-state index contributed by atoms with van der Waals surface area (Å²) < 4.78 is 7.34. The van der Waals surface area contributed by atoms with Crippen molar-refractivity contribution in [3.63, 3.8) is 0 Å². The van der Waals surface area contributed by atoms with Crippen LogP contribution in [0.1, 0.15) is 49.4 Å². The highest BCUT2D eigenvalue weighted by molar-refractivity contribution is 5.77. The summed E-state index contributed by atoms with van der Waals surface area (Å²) in [6.45, 7) is 7.03. The molecule has 0 aliphatic carbocycles. The van der Waals surface area contributed by atoms with Crippen LogP contribution in [0.3, 0.4) is 0 Å². The Morgan fingerprint density at radius 2 is 1.81 bits per heavy atom. The van der Waals surface area contributed by atoms with E-state index in [0.717, 1.165) is 22.6 Å². The van der Waals surface area contributed by atoms with E-state index in [1.165, 1.54) is 5.56 Å². The van der Waals surface area contributed by atoms with Gasteiger partial charge in [-0.2, -0.15) is 4.68 Å². The molecule has 6 nitrogen and oxygen atoms in total. The van der Waals surface area contributed by atoms with Crippen LogP contribution < -0.4 is 10.1 Å². The predicted octanol–water partition coefficient (Wildman–Crippen LogP) is 4.25. The van der Waals surface area contributed by atoms with E-state index in [0.29, 0.717) is 18.5 Å². The second kappa shape index (κ2) is 7.23. The van der Waals surface area contributed by atoms with Crippen LogP contribution in [-0.2, 0) is 0 Å². The van der Waals surface area contributed by atoms with E-state index >= 15 is 0 Å². The van der Waals surface area contributed by atoms with E-state index in [1.54, 1.807) is 4.68 Å². The summed E-state index contributed by atoms with van der Waals surface area (Å²) in [5, 5.41) is 15.5. The van der Waals surface area contributed by atoms with Gasteiger partial charge in [-0.25, -0.2) is 0 Å². The van der Waals surface area contributed by atoms with Gasteiger partial charge in [0.15, 0.2) is 0 Å². The van der Waals surface area contributed by atoms with E-state index in [4.69, 9.17) is 4.74 Å². The number of anilines is 1. The number of nitrogens with one attached hydrogen (secondary N) is 1. The molecule has 2 heterocycles. The van der Waals surface area contributed by atoms with E-state index in [2.05, 4.69) is 77.2 Å². The highest BCUT2D eigenvalue weighted by atomic mass is 16.5. The first-order chi connectivity index (χ1) is 13.2. The normalized spacial score (nSPS) is 15.9. The van der Waals surface area contributed by atoms with Gasteiger partial charge in [-0.1, -0.05) is 55.3 Å². The first-order valence-electron chi connectivity index (χ1n) is 9.25. The van der Waals surface area contributed by atoms with Crippen LogP contribution in [0.25, 0.3) is 5.70 Å². The quantitative estimate of drug-likeness (QED) is 0.736. The second-order valence-corrected chi connectivity index (χ2v) is 6.88. The third-order valence-electron chi connectivity index (χ3n) is 4.75. The molecule has 0 saturated heterocycles. The van der Waals surface area contributed by atoms with E-state index < -0.39 is 0 Å². The Balaban J connectivity index is 1.69. The number of tetrazole rings is 1. The minimum Gasteiger partial charge on any atom is -0.494 e. The molecule has 1 aromatic heterocycles. The molecule has 1 N–H and O–H groups in total. The van der Waals surface area contributed by atoms with Crippen molar-refractivity contribution in [2.24, 2.45) is 0 Å². The Morgan fingerprint density at radius 1 is 1.07 bits per heavy atom. The molecule has 0 spiro atoms. The highest BCUT2D eigenvalue weighted by Gasteiger charge is 2.24. The van der Waals surface area contributed by atoms with Gasteiger partial charge in [0.25, 0.3) is 0 Å². The number of aromatic nitrogens is 4.